The Morgan fingerprint density at radius 2 is 1.93 bits per heavy atom. The summed E-state index contributed by atoms with van der Waals surface area (Å²) in [5.74, 6) is 1.13. The van der Waals surface area contributed by atoms with Crippen LogP contribution >= 0.6 is 0 Å². The van der Waals surface area contributed by atoms with Crippen molar-refractivity contribution in [3.8, 4) is 0 Å². The van der Waals surface area contributed by atoms with Crippen LogP contribution < -0.4 is 0 Å². The predicted molar refractivity (Wildman–Crippen MR) is 103 cm³/mol. The SMILES string of the molecule is COCc1ncc(CN2CCC[C@@]3(CCC(=O)N(C4CCCC4)C3)C2)cn1. The number of hydrogen-bond acceptors (Lipinski definition) is 5. The Hall–Kier alpha value is -1.53. The summed E-state index contributed by atoms with van der Waals surface area (Å²) in [6, 6.07) is 0.506. The lowest BCUT2D eigenvalue weighted by molar-refractivity contribution is -0.142. The summed E-state index contributed by atoms with van der Waals surface area (Å²) in [5.41, 5.74) is 1.44. The highest BCUT2D eigenvalue weighted by Crippen LogP contribution is 2.41. The quantitative estimate of drug-likeness (QED) is 0.795. The van der Waals surface area contributed by atoms with Crippen molar-refractivity contribution in [3.05, 3.63) is 23.8 Å². The van der Waals surface area contributed by atoms with Gasteiger partial charge in [0, 0.05) is 62.6 Å². The zero-order valence-corrected chi connectivity index (χ0v) is 16.5. The molecule has 0 N–H and O–H groups in total. The third-order valence-corrected chi connectivity index (χ3v) is 6.64. The van der Waals surface area contributed by atoms with Crippen LogP contribution in [0.3, 0.4) is 0 Å². The fourth-order valence-corrected chi connectivity index (χ4v) is 5.30. The molecule has 1 aromatic rings. The first kappa shape index (κ1) is 18.8. The number of carbonyl (C=O) groups excluding carboxylic acids is 1. The molecule has 1 spiro atoms. The molecule has 2 saturated heterocycles. The van der Waals surface area contributed by atoms with Crippen molar-refractivity contribution in [2.24, 2.45) is 5.41 Å². The van der Waals surface area contributed by atoms with Crippen molar-refractivity contribution < 1.29 is 9.53 Å². The van der Waals surface area contributed by atoms with E-state index in [1.54, 1.807) is 7.11 Å². The number of carbonyl (C=O) groups is 1. The minimum atomic E-state index is 0.283. The molecule has 0 aromatic carbocycles. The molecule has 148 valence electrons. The Morgan fingerprint density at radius 1 is 1.15 bits per heavy atom. The van der Waals surface area contributed by atoms with Crippen molar-refractivity contribution in [2.45, 2.75) is 70.6 Å². The zero-order valence-electron chi connectivity index (χ0n) is 16.5. The van der Waals surface area contributed by atoms with Gasteiger partial charge in [0.1, 0.15) is 6.61 Å². The molecule has 2 aliphatic heterocycles. The number of methoxy groups -OCH3 is 1. The molecule has 1 amide bonds. The number of nitrogens with zero attached hydrogens (tertiary/aromatic N) is 4. The molecule has 0 radical (unpaired) electrons. The molecule has 0 unspecified atom stereocenters. The van der Waals surface area contributed by atoms with Gasteiger partial charge < -0.3 is 9.64 Å². The van der Waals surface area contributed by atoms with Crippen LogP contribution in [0.15, 0.2) is 12.4 Å². The highest BCUT2D eigenvalue weighted by molar-refractivity contribution is 5.77. The highest BCUT2D eigenvalue weighted by atomic mass is 16.5. The smallest absolute Gasteiger partial charge is 0.222 e. The van der Waals surface area contributed by atoms with E-state index in [-0.39, 0.29) is 5.41 Å². The molecule has 27 heavy (non-hydrogen) atoms. The molecule has 1 aromatic heterocycles. The maximum Gasteiger partial charge on any atom is 0.222 e. The average Bonchev–Trinajstić information content (AvgIpc) is 3.21. The summed E-state index contributed by atoms with van der Waals surface area (Å²) in [6.07, 6.45) is 13.1. The van der Waals surface area contributed by atoms with Gasteiger partial charge in [0.15, 0.2) is 5.82 Å². The third-order valence-electron chi connectivity index (χ3n) is 6.64. The number of likely N-dealkylation sites (tertiary alicyclic amines) is 2. The topological polar surface area (TPSA) is 58.6 Å². The van der Waals surface area contributed by atoms with E-state index in [1.807, 2.05) is 12.4 Å². The minimum absolute atomic E-state index is 0.283. The van der Waals surface area contributed by atoms with Crippen LogP contribution in [-0.4, -0.2) is 58.5 Å². The highest BCUT2D eigenvalue weighted by Gasteiger charge is 2.43. The molecule has 0 bridgehead atoms. The van der Waals surface area contributed by atoms with Crippen molar-refractivity contribution in [1.29, 1.82) is 0 Å². The number of ether oxygens (including phenoxy) is 1. The van der Waals surface area contributed by atoms with E-state index >= 15 is 0 Å². The van der Waals surface area contributed by atoms with E-state index in [1.165, 1.54) is 38.5 Å². The number of aromatic nitrogens is 2. The molecular weight excluding hydrogens is 340 g/mol. The predicted octanol–water partition coefficient (Wildman–Crippen LogP) is 2.77. The van der Waals surface area contributed by atoms with Gasteiger partial charge in [-0.3, -0.25) is 9.69 Å². The fourth-order valence-electron chi connectivity index (χ4n) is 5.30. The summed E-state index contributed by atoms with van der Waals surface area (Å²) in [6.45, 7) is 4.53. The maximum atomic E-state index is 12.6. The van der Waals surface area contributed by atoms with E-state index in [0.717, 1.165) is 50.4 Å². The fraction of sp³-hybridized carbons (Fsp3) is 0.762. The van der Waals surface area contributed by atoms with Gasteiger partial charge >= 0.3 is 0 Å². The van der Waals surface area contributed by atoms with Crippen LogP contribution in [0.25, 0.3) is 0 Å². The number of rotatable bonds is 5. The molecule has 1 saturated carbocycles. The van der Waals surface area contributed by atoms with Crippen LogP contribution in [0.5, 0.6) is 0 Å². The Balaban J connectivity index is 1.40. The van der Waals surface area contributed by atoms with Crippen LogP contribution in [0.1, 0.15) is 62.8 Å². The van der Waals surface area contributed by atoms with Crippen molar-refractivity contribution in [2.75, 3.05) is 26.7 Å². The molecular formula is C21H32N4O2. The minimum Gasteiger partial charge on any atom is -0.377 e. The molecule has 1 aliphatic carbocycles. The summed E-state index contributed by atoms with van der Waals surface area (Å²) in [4.78, 5) is 26.1. The lowest BCUT2D eigenvalue weighted by Crippen LogP contribution is -2.55. The van der Waals surface area contributed by atoms with Gasteiger partial charge in [0.2, 0.25) is 5.91 Å². The van der Waals surface area contributed by atoms with Crippen LogP contribution in [0, 0.1) is 5.41 Å². The molecule has 4 rings (SSSR count). The van der Waals surface area contributed by atoms with Gasteiger partial charge in [-0.05, 0) is 38.6 Å². The van der Waals surface area contributed by atoms with Crippen molar-refractivity contribution in [3.63, 3.8) is 0 Å². The first-order valence-corrected chi connectivity index (χ1v) is 10.5. The lowest BCUT2D eigenvalue weighted by Gasteiger charge is -2.49. The number of piperidine rings is 2. The Morgan fingerprint density at radius 3 is 2.67 bits per heavy atom. The van der Waals surface area contributed by atoms with Gasteiger partial charge in [-0.2, -0.15) is 0 Å². The van der Waals surface area contributed by atoms with Crippen LogP contribution in [0.4, 0.5) is 0 Å². The number of hydrogen-bond donors (Lipinski definition) is 0. The second-order valence-electron chi connectivity index (χ2n) is 8.71. The molecule has 1 atom stereocenters. The first-order chi connectivity index (χ1) is 13.2. The second kappa shape index (κ2) is 8.23. The third kappa shape index (κ3) is 4.32. The number of amides is 1. The standard InChI is InChI=1S/C21H32N4O2/c1-27-14-19-22-11-17(12-23-19)13-24-10-4-8-21(15-24)9-7-20(26)25(16-21)18-5-2-3-6-18/h11-12,18H,2-10,13-16H2,1H3/t21-/m1/s1. The first-order valence-electron chi connectivity index (χ1n) is 10.5. The maximum absolute atomic E-state index is 12.6. The van der Waals surface area contributed by atoms with Crippen LogP contribution in [0.2, 0.25) is 0 Å². The molecule has 3 heterocycles. The molecule has 3 aliphatic rings. The summed E-state index contributed by atoms with van der Waals surface area (Å²) in [5, 5.41) is 0. The van der Waals surface area contributed by atoms with Crippen LogP contribution in [-0.2, 0) is 22.7 Å². The monoisotopic (exact) mass is 372 g/mol. The van der Waals surface area contributed by atoms with Gasteiger partial charge in [0.05, 0.1) is 0 Å². The van der Waals surface area contributed by atoms with Gasteiger partial charge in [-0.1, -0.05) is 12.8 Å². The Bertz CT molecular complexity index is 644. The zero-order chi connectivity index (χ0) is 18.7. The van der Waals surface area contributed by atoms with Gasteiger partial charge in [0.25, 0.3) is 0 Å². The molecule has 6 heteroatoms. The van der Waals surface area contributed by atoms with E-state index in [4.69, 9.17) is 4.74 Å². The summed E-state index contributed by atoms with van der Waals surface area (Å²) >= 11 is 0. The van der Waals surface area contributed by atoms with Crippen molar-refractivity contribution >= 4 is 5.91 Å². The lowest BCUT2D eigenvalue weighted by atomic mass is 9.73. The summed E-state index contributed by atoms with van der Waals surface area (Å²) < 4.78 is 5.09. The second-order valence-corrected chi connectivity index (χ2v) is 8.71. The normalized spacial score (nSPS) is 27.6. The largest absolute Gasteiger partial charge is 0.377 e. The molecule has 3 fully saturated rings. The van der Waals surface area contributed by atoms with Gasteiger partial charge in [-0.25, -0.2) is 9.97 Å². The van der Waals surface area contributed by atoms with E-state index in [2.05, 4.69) is 19.8 Å². The van der Waals surface area contributed by atoms with E-state index in [0.29, 0.717) is 18.6 Å². The summed E-state index contributed by atoms with van der Waals surface area (Å²) in [7, 11) is 1.66. The Labute approximate surface area is 162 Å². The van der Waals surface area contributed by atoms with E-state index in [9.17, 15) is 4.79 Å². The van der Waals surface area contributed by atoms with Crippen molar-refractivity contribution in [1.82, 2.24) is 19.8 Å². The van der Waals surface area contributed by atoms with Gasteiger partial charge in [-0.15, -0.1) is 0 Å². The average molecular weight is 373 g/mol. The van der Waals surface area contributed by atoms with E-state index < -0.39 is 0 Å². The molecule has 6 nitrogen and oxygen atoms in total. The Kier molecular flexibility index (Phi) is 5.74.